The number of aromatic nitrogens is 4. The number of fused-ring (bicyclic) bond motifs is 1. The molecular formula is C18H21N7O2. The van der Waals surface area contributed by atoms with Crippen LogP contribution in [0.1, 0.15) is 19.7 Å². The molecule has 9 heteroatoms. The molecule has 9 nitrogen and oxygen atoms in total. The number of nitrogens with one attached hydrogen (secondary N) is 3. The summed E-state index contributed by atoms with van der Waals surface area (Å²) >= 11 is 0. The van der Waals surface area contributed by atoms with Crippen molar-refractivity contribution in [3.05, 3.63) is 42.6 Å². The summed E-state index contributed by atoms with van der Waals surface area (Å²) in [4.78, 5) is 36.2. The van der Waals surface area contributed by atoms with Crippen LogP contribution in [0.15, 0.2) is 36.8 Å². The Balaban J connectivity index is 1.97. The monoisotopic (exact) mass is 367 g/mol. The second kappa shape index (κ2) is 8.26. The van der Waals surface area contributed by atoms with Crippen LogP contribution < -0.4 is 16.0 Å². The zero-order valence-electron chi connectivity index (χ0n) is 15.2. The summed E-state index contributed by atoms with van der Waals surface area (Å²) < 4.78 is 1.81. The number of imidazole rings is 1. The highest BCUT2D eigenvalue weighted by molar-refractivity contribution is 5.88. The van der Waals surface area contributed by atoms with Gasteiger partial charge < -0.3 is 10.6 Å². The van der Waals surface area contributed by atoms with Gasteiger partial charge in [0.1, 0.15) is 11.5 Å². The topological polar surface area (TPSA) is 113 Å². The fourth-order valence-electron chi connectivity index (χ4n) is 2.62. The highest BCUT2D eigenvalue weighted by Gasteiger charge is 2.12. The summed E-state index contributed by atoms with van der Waals surface area (Å²) in [7, 11) is 0. The standard InChI is InChI=1S/C18H21N7O2/c1-3-20-18(27)24-15-11-25-16(6-8-21-12(2)26)22-14(9-17(25)23-15)13-5-4-7-19-10-13/h4-5,7,9-11H,3,6,8H2,1-2H3,(H,21,26)(H2,20,24,27). The van der Waals surface area contributed by atoms with Crippen LogP contribution in [0.2, 0.25) is 0 Å². The minimum atomic E-state index is -0.318. The van der Waals surface area contributed by atoms with Crippen molar-refractivity contribution in [1.29, 1.82) is 0 Å². The quantitative estimate of drug-likeness (QED) is 0.613. The van der Waals surface area contributed by atoms with E-state index in [2.05, 4.69) is 25.9 Å². The SMILES string of the molecule is CCNC(=O)Nc1cn2c(CCNC(C)=O)nc(-c3cccnc3)cc2n1. The fraction of sp³-hybridized carbons (Fsp3) is 0.278. The van der Waals surface area contributed by atoms with E-state index in [4.69, 9.17) is 4.98 Å². The molecule has 3 amide bonds. The zero-order chi connectivity index (χ0) is 19.2. The zero-order valence-corrected chi connectivity index (χ0v) is 15.2. The fourth-order valence-corrected chi connectivity index (χ4v) is 2.62. The van der Waals surface area contributed by atoms with E-state index in [0.29, 0.717) is 31.0 Å². The van der Waals surface area contributed by atoms with Gasteiger partial charge in [0.25, 0.3) is 0 Å². The van der Waals surface area contributed by atoms with E-state index in [1.54, 1.807) is 18.6 Å². The third-order valence-electron chi connectivity index (χ3n) is 3.79. The van der Waals surface area contributed by atoms with Crippen LogP contribution >= 0.6 is 0 Å². The number of rotatable bonds is 6. The predicted molar refractivity (Wildman–Crippen MR) is 101 cm³/mol. The first kappa shape index (κ1) is 18.3. The lowest BCUT2D eigenvalue weighted by Gasteiger charge is -2.08. The van der Waals surface area contributed by atoms with Crippen LogP contribution in [0.25, 0.3) is 16.9 Å². The summed E-state index contributed by atoms with van der Waals surface area (Å²) in [6.07, 6.45) is 5.66. The molecule has 27 heavy (non-hydrogen) atoms. The largest absolute Gasteiger partial charge is 0.356 e. The first-order chi connectivity index (χ1) is 13.1. The third-order valence-corrected chi connectivity index (χ3v) is 3.79. The second-order valence-electron chi connectivity index (χ2n) is 5.87. The Kier molecular flexibility index (Phi) is 5.60. The molecule has 0 fully saturated rings. The maximum absolute atomic E-state index is 11.8. The van der Waals surface area contributed by atoms with Gasteiger partial charge >= 0.3 is 6.03 Å². The van der Waals surface area contributed by atoms with Crippen molar-refractivity contribution in [2.75, 3.05) is 18.4 Å². The third kappa shape index (κ3) is 4.57. The van der Waals surface area contributed by atoms with Crippen molar-refractivity contribution in [2.45, 2.75) is 20.3 Å². The lowest BCUT2D eigenvalue weighted by Crippen LogP contribution is -2.28. The first-order valence-electron chi connectivity index (χ1n) is 8.65. The van der Waals surface area contributed by atoms with Crippen LogP contribution in [0, 0.1) is 0 Å². The van der Waals surface area contributed by atoms with E-state index in [9.17, 15) is 9.59 Å². The molecule has 0 aliphatic carbocycles. The van der Waals surface area contributed by atoms with E-state index < -0.39 is 0 Å². The summed E-state index contributed by atoms with van der Waals surface area (Å²) in [5.74, 6) is 1.04. The molecule has 0 unspecified atom stereocenters. The summed E-state index contributed by atoms with van der Waals surface area (Å²) in [6.45, 7) is 4.28. The molecule has 0 aliphatic heterocycles. The maximum Gasteiger partial charge on any atom is 0.320 e. The number of carbonyl (C=O) groups excluding carboxylic acids is 2. The van der Waals surface area contributed by atoms with Gasteiger partial charge in [-0.25, -0.2) is 14.8 Å². The highest BCUT2D eigenvalue weighted by atomic mass is 16.2. The molecule has 0 saturated heterocycles. The van der Waals surface area contributed by atoms with Crippen molar-refractivity contribution in [3.8, 4) is 11.3 Å². The lowest BCUT2D eigenvalue weighted by atomic mass is 10.2. The van der Waals surface area contributed by atoms with Gasteiger partial charge in [0.15, 0.2) is 5.82 Å². The van der Waals surface area contributed by atoms with E-state index in [1.165, 1.54) is 6.92 Å². The molecular weight excluding hydrogens is 346 g/mol. The van der Waals surface area contributed by atoms with Gasteiger partial charge in [0.05, 0.1) is 11.9 Å². The Morgan fingerprint density at radius 3 is 2.78 bits per heavy atom. The number of carbonyl (C=O) groups is 2. The van der Waals surface area contributed by atoms with Crippen molar-refractivity contribution in [3.63, 3.8) is 0 Å². The van der Waals surface area contributed by atoms with Crippen molar-refractivity contribution >= 4 is 23.4 Å². The predicted octanol–water partition coefficient (Wildman–Crippen LogP) is 1.61. The van der Waals surface area contributed by atoms with Gasteiger partial charge in [-0.15, -0.1) is 0 Å². The number of hydrogen-bond acceptors (Lipinski definition) is 5. The molecule has 3 N–H and O–H groups in total. The average Bonchev–Trinajstić information content (AvgIpc) is 3.04. The Morgan fingerprint density at radius 2 is 2.07 bits per heavy atom. The average molecular weight is 367 g/mol. The molecule has 3 heterocycles. The number of amides is 3. The molecule has 0 radical (unpaired) electrons. The smallest absolute Gasteiger partial charge is 0.320 e. The van der Waals surface area contributed by atoms with Crippen LogP contribution in [0.5, 0.6) is 0 Å². The molecule has 3 rings (SSSR count). The van der Waals surface area contributed by atoms with Gasteiger partial charge in [-0.1, -0.05) is 0 Å². The molecule has 3 aromatic rings. The molecule has 0 bridgehead atoms. The normalized spacial score (nSPS) is 10.6. The Morgan fingerprint density at radius 1 is 1.22 bits per heavy atom. The number of nitrogens with zero attached hydrogens (tertiary/aromatic N) is 4. The Labute approximate surface area is 156 Å². The highest BCUT2D eigenvalue weighted by Crippen LogP contribution is 2.20. The van der Waals surface area contributed by atoms with Crippen molar-refractivity contribution in [2.24, 2.45) is 0 Å². The van der Waals surface area contributed by atoms with Gasteiger partial charge in [-0.05, 0) is 19.1 Å². The maximum atomic E-state index is 11.8. The van der Waals surface area contributed by atoms with Crippen LogP contribution in [0.3, 0.4) is 0 Å². The van der Waals surface area contributed by atoms with Crippen LogP contribution in [0.4, 0.5) is 10.6 Å². The summed E-state index contributed by atoms with van der Waals surface area (Å²) in [5.41, 5.74) is 2.24. The molecule has 0 aromatic carbocycles. The van der Waals surface area contributed by atoms with Gasteiger partial charge in [0.2, 0.25) is 5.91 Å². The lowest BCUT2D eigenvalue weighted by molar-refractivity contribution is -0.118. The summed E-state index contributed by atoms with van der Waals surface area (Å²) in [6, 6.07) is 5.27. The van der Waals surface area contributed by atoms with Gasteiger partial charge in [-0.3, -0.25) is 19.5 Å². The molecule has 3 aromatic heterocycles. The first-order valence-corrected chi connectivity index (χ1v) is 8.65. The van der Waals surface area contributed by atoms with E-state index in [0.717, 1.165) is 17.1 Å². The molecule has 0 aliphatic rings. The van der Waals surface area contributed by atoms with Crippen LogP contribution in [-0.4, -0.2) is 44.4 Å². The number of pyridine rings is 1. The number of urea groups is 1. The minimum Gasteiger partial charge on any atom is -0.356 e. The van der Waals surface area contributed by atoms with E-state index in [-0.39, 0.29) is 11.9 Å². The molecule has 0 spiro atoms. The number of hydrogen-bond donors (Lipinski definition) is 3. The van der Waals surface area contributed by atoms with Gasteiger partial charge in [0, 0.05) is 50.5 Å². The van der Waals surface area contributed by atoms with Gasteiger partial charge in [-0.2, -0.15) is 0 Å². The van der Waals surface area contributed by atoms with E-state index in [1.807, 2.05) is 29.5 Å². The van der Waals surface area contributed by atoms with Crippen LogP contribution in [-0.2, 0) is 11.2 Å². The van der Waals surface area contributed by atoms with E-state index >= 15 is 0 Å². The van der Waals surface area contributed by atoms with Crippen molar-refractivity contribution in [1.82, 2.24) is 30.0 Å². The molecule has 0 saturated carbocycles. The summed E-state index contributed by atoms with van der Waals surface area (Å²) in [5, 5.41) is 8.14. The second-order valence-corrected chi connectivity index (χ2v) is 5.87. The van der Waals surface area contributed by atoms with Crippen molar-refractivity contribution < 1.29 is 9.59 Å². The molecule has 0 atom stereocenters. The Bertz CT molecular complexity index is 953. The minimum absolute atomic E-state index is 0.0983. The Hall–Kier alpha value is -3.49. The molecule has 140 valence electrons. The number of anilines is 1.